The van der Waals surface area contributed by atoms with E-state index in [9.17, 15) is 4.79 Å². The quantitative estimate of drug-likeness (QED) is 0.552. The summed E-state index contributed by atoms with van der Waals surface area (Å²) < 4.78 is 8.28. The molecule has 1 aliphatic carbocycles. The van der Waals surface area contributed by atoms with Crippen LogP contribution in [0.25, 0.3) is 16.8 Å². The standard InChI is InChI=1S/C21H22IN5O2/c22-17-11-18(27-19(17)20(23)24-12-25-27)13-2-1-3-14(10-13)21(28)26(15-4-5-15)16-6-8-29-9-7-16/h1-3,10-12,15-16H,4-9H2,(H2,23,24,25). The van der Waals surface area contributed by atoms with E-state index in [1.807, 2.05) is 30.3 Å². The number of fused-ring (bicyclic) bond motifs is 1. The SMILES string of the molecule is Nc1ncnn2c(-c3cccc(C(=O)N(C4CCOCC4)C4CC4)c3)cc(I)c12. The first kappa shape index (κ1) is 18.8. The first-order chi connectivity index (χ1) is 14.1. The van der Waals surface area contributed by atoms with Gasteiger partial charge in [0.15, 0.2) is 5.82 Å². The van der Waals surface area contributed by atoms with Gasteiger partial charge < -0.3 is 15.4 Å². The number of carbonyl (C=O) groups is 1. The van der Waals surface area contributed by atoms with Crippen LogP contribution in [-0.2, 0) is 4.74 Å². The van der Waals surface area contributed by atoms with Gasteiger partial charge in [0.2, 0.25) is 0 Å². The number of ether oxygens (including phenoxy) is 1. The van der Waals surface area contributed by atoms with Crippen LogP contribution in [0.1, 0.15) is 36.0 Å². The summed E-state index contributed by atoms with van der Waals surface area (Å²) in [7, 11) is 0. The zero-order chi connectivity index (χ0) is 20.0. The number of anilines is 1. The van der Waals surface area contributed by atoms with Crippen molar-refractivity contribution in [1.29, 1.82) is 0 Å². The largest absolute Gasteiger partial charge is 0.382 e. The van der Waals surface area contributed by atoms with Crippen LogP contribution in [-0.4, -0.2) is 50.7 Å². The highest BCUT2D eigenvalue weighted by molar-refractivity contribution is 14.1. The van der Waals surface area contributed by atoms with Crippen molar-refractivity contribution in [3.05, 3.63) is 45.8 Å². The van der Waals surface area contributed by atoms with Crippen molar-refractivity contribution >= 4 is 39.8 Å². The molecule has 29 heavy (non-hydrogen) atoms. The Morgan fingerprint density at radius 3 is 2.69 bits per heavy atom. The van der Waals surface area contributed by atoms with Gasteiger partial charge in [0, 0.05) is 40.0 Å². The van der Waals surface area contributed by atoms with E-state index in [1.54, 1.807) is 4.52 Å². The summed E-state index contributed by atoms with van der Waals surface area (Å²) >= 11 is 2.24. The lowest BCUT2D eigenvalue weighted by Crippen LogP contribution is -2.44. The van der Waals surface area contributed by atoms with Crippen LogP contribution in [0.5, 0.6) is 0 Å². The Morgan fingerprint density at radius 2 is 1.93 bits per heavy atom. The molecule has 1 aliphatic heterocycles. The molecule has 2 aliphatic rings. The van der Waals surface area contributed by atoms with Gasteiger partial charge in [-0.2, -0.15) is 5.10 Å². The minimum atomic E-state index is 0.117. The van der Waals surface area contributed by atoms with Gasteiger partial charge >= 0.3 is 0 Å². The van der Waals surface area contributed by atoms with Crippen LogP contribution in [0.15, 0.2) is 36.7 Å². The van der Waals surface area contributed by atoms with E-state index in [4.69, 9.17) is 10.5 Å². The van der Waals surface area contributed by atoms with Gasteiger partial charge in [-0.25, -0.2) is 9.50 Å². The summed E-state index contributed by atoms with van der Waals surface area (Å²) in [5, 5.41) is 4.37. The van der Waals surface area contributed by atoms with Crippen molar-refractivity contribution < 1.29 is 9.53 Å². The van der Waals surface area contributed by atoms with Crippen molar-refractivity contribution in [1.82, 2.24) is 19.5 Å². The van der Waals surface area contributed by atoms with E-state index >= 15 is 0 Å². The van der Waals surface area contributed by atoms with E-state index in [0.29, 0.717) is 17.4 Å². The molecule has 0 spiro atoms. The Hall–Kier alpha value is -2.20. The second kappa shape index (κ2) is 7.56. The third-order valence-electron chi connectivity index (χ3n) is 5.70. The van der Waals surface area contributed by atoms with Crippen molar-refractivity contribution in [3.8, 4) is 11.3 Å². The van der Waals surface area contributed by atoms with Gasteiger partial charge in [-0.15, -0.1) is 0 Å². The number of nitrogen functional groups attached to an aromatic ring is 1. The van der Waals surface area contributed by atoms with E-state index in [-0.39, 0.29) is 11.9 Å². The van der Waals surface area contributed by atoms with Gasteiger partial charge in [-0.05, 0) is 66.5 Å². The minimum absolute atomic E-state index is 0.117. The molecule has 8 heteroatoms. The van der Waals surface area contributed by atoms with E-state index in [2.05, 4.69) is 37.6 Å². The average Bonchev–Trinajstić information content (AvgIpc) is 3.51. The number of nitrogens with two attached hydrogens (primary N) is 1. The van der Waals surface area contributed by atoms with Crippen molar-refractivity contribution in [3.63, 3.8) is 0 Å². The zero-order valence-corrected chi connectivity index (χ0v) is 18.1. The number of amides is 1. The Balaban J connectivity index is 1.51. The fourth-order valence-electron chi connectivity index (χ4n) is 4.13. The molecule has 1 saturated carbocycles. The number of aromatic nitrogens is 3. The highest BCUT2D eigenvalue weighted by Crippen LogP contribution is 2.34. The van der Waals surface area contributed by atoms with Gasteiger partial charge in [0.25, 0.3) is 5.91 Å². The lowest BCUT2D eigenvalue weighted by atomic mass is 10.0. The van der Waals surface area contributed by atoms with Crippen molar-refractivity contribution in [2.75, 3.05) is 18.9 Å². The first-order valence-corrected chi connectivity index (χ1v) is 11.0. The van der Waals surface area contributed by atoms with Crippen LogP contribution < -0.4 is 5.73 Å². The molecule has 1 aromatic carbocycles. The topological polar surface area (TPSA) is 85.8 Å². The summed E-state index contributed by atoms with van der Waals surface area (Å²) in [5.74, 6) is 0.563. The minimum Gasteiger partial charge on any atom is -0.382 e. The molecule has 0 bridgehead atoms. The molecule has 3 aromatic rings. The van der Waals surface area contributed by atoms with Crippen molar-refractivity contribution in [2.45, 2.75) is 37.8 Å². The lowest BCUT2D eigenvalue weighted by Gasteiger charge is -2.34. The number of carbonyl (C=O) groups excluding carboxylic acids is 1. The van der Waals surface area contributed by atoms with Crippen LogP contribution >= 0.6 is 22.6 Å². The van der Waals surface area contributed by atoms with Gasteiger partial charge in [-0.3, -0.25) is 4.79 Å². The molecule has 2 N–H and O–H groups in total. The maximum Gasteiger partial charge on any atom is 0.254 e. The molecule has 1 amide bonds. The number of hydrogen-bond acceptors (Lipinski definition) is 5. The summed E-state index contributed by atoms with van der Waals surface area (Å²) in [5.41, 5.74) is 9.39. The molecule has 0 unspecified atom stereocenters. The van der Waals surface area contributed by atoms with Crippen LogP contribution in [0.4, 0.5) is 5.82 Å². The molecule has 3 heterocycles. The molecule has 2 aromatic heterocycles. The highest BCUT2D eigenvalue weighted by atomic mass is 127. The third kappa shape index (κ3) is 3.48. The Bertz CT molecular complexity index is 1070. The summed E-state index contributed by atoms with van der Waals surface area (Å²) in [6.07, 6.45) is 5.48. The lowest BCUT2D eigenvalue weighted by molar-refractivity contribution is 0.0267. The predicted molar refractivity (Wildman–Crippen MR) is 119 cm³/mol. The van der Waals surface area contributed by atoms with Gasteiger partial charge in [0.05, 0.1) is 5.69 Å². The molecule has 1 saturated heterocycles. The fraction of sp³-hybridized carbons (Fsp3) is 0.381. The zero-order valence-electron chi connectivity index (χ0n) is 15.9. The highest BCUT2D eigenvalue weighted by Gasteiger charge is 2.38. The maximum absolute atomic E-state index is 13.5. The number of benzene rings is 1. The Labute approximate surface area is 182 Å². The van der Waals surface area contributed by atoms with Gasteiger partial charge in [0.1, 0.15) is 11.8 Å². The van der Waals surface area contributed by atoms with Crippen LogP contribution in [0, 0.1) is 3.57 Å². The number of halogens is 1. The van der Waals surface area contributed by atoms with E-state index in [0.717, 1.165) is 59.2 Å². The maximum atomic E-state index is 13.5. The van der Waals surface area contributed by atoms with Crippen molar-refractivity contribution in [2.24, 2.45) is 0 Å². The normalized spacial score (nSPS) is 17.6. The number of rotatable bonds is 4. The smallest absolute Gasteiger partial charge is 0.254 e. The second-order valence-corrected chi connectivity index (χ2v) is 8.81. The molecule has 5 rings (SSSR count). The third-order valence-corrected chi connectivity index (χ3v) is 6.52. The molecule has 0 radical (unpaired) electrons. The summed E-state index contributed by atoms with van der Waals surface area (Å²) in [4.78, 5) is 19.7. The van der Waals surface area contributed by atoms with Crippen LogP contribution in [0.2, 0.25) is 0 Å². The predicted octanol–water partition coefficient (Wildman–Crippen LogP) is 3.37. The molecular formula is C21H22IN5O2. The summed E-state index contributed by atoms with van der Waals surface area (Å²) in [6, 6.07) is 10.5. The van der Waals surface area contributed by atoms with E-state index < -0.39 is 0 Å². The molecule has 0 atom stereocenters. The Kier molecular flexibility index (Phi) is 4.91. The first-order valence-electron chi connectivity index (χ1n) is 9.92. The molecule has 7 nitrogen and oxygen atoms in total. The fourth-order valence-corrected chi connectivity index (χ4v) is 4.93. The molecule has 2 fully saturated rings. The second-order valence-electron chi connectivity index (χ2n) is 7.65. The van der Waals surface area contributed by atoms with Crippen LogP contribution in [0.3, 0.4) is 0 Å². The summed E-state index contributed by atoms with van der Waals surface area (Å²) in [6.45, 7) is 1.47. The van der Waals surface area contributed by atoms with Gasteiger partial charge in [-0.1, -0.05) is 12.1 Å². The Morgan fingerprint density at radius 1 is 1.17 bits per heavy atom. The number of hydrogen-bond donors (Lipinski definition) is 1. The number of nitrogens with zero attached hydrogens (tertiary/aromatic N) is 4. The monoisotopic (exact) mass is 503 g/mol. The molecular weight excluding hydrogens is 481 g/mol. The molecule has 150 valence electrons. The van der Waals surface area contributed by atoms with E-state index in [1.165, 1.54) is 6.33 Å². The average molecular weight is 503 g/mol.